The number of rotatable bonds is 2. The van der Waals surface area contributed by atoms with Gasteiger partial charge in [0, 0.05) is 5.56 Å². The number of nitrogens with zero attached hydrogens (tertiary/aromatic N) is 1. The van der Waals surface area contributed by atoms with E-state index < -0.39 is 0 Å². The lowest BCUT2D eigenvalue weighted by molar-refractivity contribution is 0.629. The van der Waals surface area contributed by atoms with Crippen molar-refractivity contribution in [2.45, 2.75) is 20.3 Å². The van der Waals surface area contributed by atoms with E-state index in [-0.39, 0.29) is 12.2 Å². The maximum absolute atomic E-state index is 14.0. The van der Waals surface area contributed by atoms with Crippen LogP contribution in [0.2, 0.25) is 0 Å². The van der Waals surface area contributed by atoms with Crippen LogP contribution >= 0.6 is 0 Å². The molecule has 0 N–H and O–H groups in total. The highest BCUT2D eigenvalue weighted by molar-refractivity contribution is 5.66. The minimum atomic E-state index is -0.271. The highest BCUT2D eigenvalue weighted by Crippen LogP contribution is 2.25. The predicted octanol–water partition coefficient (Wildman–Crippen LogP) is 4.18. The highest BCUT2D eigenvalue weighted by atomic mass is 19.1. The SMILES string of the molecule is Cc1cc(C)cc(-c2ccc(CC#N)cc2F)c1. The number of hydrogen-bond donors (Lipinski definition) is 0. The van der Waals surface area contributed by atoms with Crippen LogP contribution in [0, 0.1) is 31.0 Å². The average Bonchev–Trinajstić information content (AvgIpc) is 2.28. The van der Waals surface area contributed by atoms with Crippen molar-refractivity contribution in [2.75, 3.05) is 0 Å². The van der Waals surface area contributed by atoms with Crippen LogP contribution in [0.15, 0.2) is 36.4 Å². The molecule has 0 aromatic heterocycles. The predicted molar refractivity (Wildman–Crippen MR) is 70.6 cm³/mol. The molecule has 0 atom stereocenters. The Labute approximate surface area is 107 Å². The van der Waals surface area contributed by atoms with Gasteiger partial charge in [-0.05, 0) is 31.0 Å². The summed E-state index contributed by atoms with van der Waals surface area (Å²) in [6, 6.07) is 13.0. The lowest BCUT2D eigenvalue weighted by atomic mass is 9.99. The zero-order valence-electron chi connectivity index (χ0n) is 10.5. The van der Waals surface area contributed by atoms with E-state index in [1.165, 1.54) is 6.07 Å². The lowest BCUT2D eigenvalue weighted by Crippen LogP contribution is -1.90. The quantitative estimate of drug-likeness (QED) is 0.771. The third-order valence-electron chi connectivity index (χ3n) is 2.85. The van der Waals surface area contributed by atoms with E-state index in [9.17, 15) is 4.39 Å². The summed E-state index contributed by atoms with van der Waals surface area (Å²) in [5, 5.41) is 8.60. The van der Waals surface area contributed by atoms with Crippen LogP contribution in [0.5, 0.6) is 0 Å². The summed E-state index contributed by atoms with van der Waals surface area (Å²) in [5.41, 5.74) is 4.41. The molecule has 0 radical (unpaired) electrons. The summed E-state index contributed by atoms with van der Waals surface area (Å²) < 4.78 is 14.0. The van der Waals surface area contributed by atoms with Gasteiger partial charge in [-0.25, -0.2) is 4.39 Å². The summed E-state index contributed by atoms with van der Waals surface area (Å²) in [6.07, 6.45) is 0.240. The topological polar surface area (TPSA) is 23.8 Å². The zero-order chi connectivity index (χ0) is 13.1. The van der Waals surface area contributed by atoms with Gasteiger partial charge in [0.2, 0.25) is 0 Å². The van der Waals surface area contributed by atoms with E-state index in [0.717, 1.165) is 16.7 Å². The first kappa shape index (κ1) is 12.3. The molecule has 2 heteroatoms. The first-order chi connectivity index (χ1) is 8.60. The fraction of sp³-hybridized carbons (Fsp3) is 0.188. The average molecular weight is 239 g/mol. The maximum atomic E-state index is 14.0. The van der Waals surface area contributed by atoms with Crippen molar-refractivity contribution >= 4 is 0 Å². The van der Waals surface area contributed by atoms with Crippen molar-refractivity contribution in [3.63, 3.8) is 0 Å². The minimum absolute atomic E-state index is 0.240. The monoisotopic (exact) mass is 239 g/mol. The Kier molecular flexibility index (Phi) is 3.43. The van der Waals surface area contributed by atoms with Crippen LogP contribution in [0.4, 0.5) is 4.39 Å². The molecular weight excluding hydrogens is 225 g/mol. The third kappa shape index (κ3) is 2.57. The Morgan fingerprint density at radius 2 is 1.72 bits per heavy atom. The Morgan fingerprint density at radius 3 is 2.28 bits per heavy atom. The van der Waals surface area contributed by atoms with Crippen LogP contribution in [-0.4, -0.2) is 0 Å². The molecule has 0 fully saturated rings. The standard InChI is InChI=1S/C16H14FN/c1-11-7-12(2)9-14(8-11)15-4-3-13(5-6-18)10-16(15)17/h3-4,7-10H,5H2,1-2H3. The summed E-state index contributed by atoms with van der Waals surface area (Å²) in [5.74, 6) is -0.271. The van der Waals surface area contributed by atoms with Crippen LogP contribution in [0.25, 0.3) is 11.1 Å². The molecule has 0 unspecified atom stereocenters. The molecular formula is C16H14FN. The fourth-order valence-corrected chi connectivity index (χ4v) is 2.12. The molecule has 0 aliphatic carbocycles. The van der Waals surface area contributed by atoms with Gasteiger partial charge in [-0.3, -0.25) is 0 Å². The number of halogens is 1. The minimum Gasteiger partial charge on any atom is -0.206 e. The maximum Gasteiger partial charge on any atom is 0.131 e. The second kappa shape index (κ2) is 5.01. The molecule has 0 heterocycles. The van der Waals surface area contributed by atoms with Gasteiger partial charge in [-0.2, -0.15) is 5.26 Å². The number of aryl methyl sites for hydroxylation is 2. The van der Waals surface area contributed by atoms with Gasteiger partial charge in [-0.1, -0.05) is 41.5 Å². The van der Waals surface area contributed by atoms with E-state index in [4.69, 9.17) is 5.26 Å². The summed E-state index contributed by atoms with van der Waals surface area (Å²) in [4.78, 5) is 0. The van der Waals surface area contributed by atoms with Crippen LogP contribution in [0.1, 0.15) is 16.7 Å². The molecule has 0 saturated carbocycles. The molecule has 0 aliphatic rings. The van der Waals surface area contributed by atoms with Gasteiger partial charge in [0.1, 0.15) is 5.82 Å². The van der Waals surface area contributed by atoms with Crippen molar-refractivity contribution in [3.8, 4) is 17.2 Å². The number of hydrogen-bond acceptors (Lipinski definition) is 1. The summed E-state index contributed by atoms with van der Waals surface area (Å²) in [6.45, 7) is 4.00. The van der Waals surface area contributed by atoms with Crippen molar-refractivity contribution < 1.29 is 4.39 Å². The van der Waals surface area contributed by atoms with Gasteiger partial charge in [0.05, 0.1) is 12.5 Å². The molecule has 90 valence electrons. The van der Waals surface area contributed by atoms with Crippen molar-refractivity contribution in [2.24, 2.45) is 0 Å². The van der Waals surface area contributed by atoms with Gasteiger partial charge < -0.3 is 0 Å². The normalized spacial score (nSPS) is 10.1. The van der Waals surface area contributed by atoms with E-state index in [2.05, 4.69) is 6.07 Å². The molecule has 0 saturated heterocycles. The first-order valence-corrected chi connectivity index (χ1v) is 5.84. The van der Waals surface area contributed by atoms with E-state index in [1.807, 2.05) is 32.0 Å². The van der Waals surface area contributed by atoms with Crippen molar-refractivity contribution in [3.05, 3.63) is 58.9 Å². The van der Waals surface area contributed by atoms with Crippen molar-refractivity contribution in [1.29, 1.82) is 5.26 Å². The van der Waals surface area contributed by atoms with Crippen LogP contribution in [-0.2, 0) is 6.42 Å². The molecule has 0 bridgehead atoms. The zero-order valence-corrected chi connectivity index (χ0v) is 10.5. The molecule has 0 aliphatic heterocycles. The molecule has 0 spiro atoms. The lowest BCUT2D eigenvalue weighted by Gasteiger charge is -2.07. The molecule has 1 nitrogen and oxygen atoms in total. The van der Waals surface area contributed by atoms with Crippen molar-refractivity contribution in [1.82, 2.24) is 0 Å². The number of nitriles is 1. The van der Waals surface area contributed by atoms with Gasteiger partial charge in [0.25, 0.3) is 0 Å². The number of benzene rings is 2. The Balaban J connectivity index is 2.48. The fourth-order valence-electron chi connectivity index (χ4n) is 2.12. The Hall–Kier alpha value is -2.14. The molecule has 0 amide bonds. The summed E-state index contributed by atoms with van der Waals surface area (Å²) in [7, 11) is 0. The highest BCUT2D eigenvalue weighted by Gasteiger charge is 2.07. The Morgan fingerprint density at radius 1 is 1.06 bits per heavy atom. The van der Waals surface area contributed by atoms with Gasteiger partial charge in [0.15, 0.2) is 0 Å². The smallest absolute Gasteiger partial charge is 0.131 e. The molecule has 2 aromatic rings. The second-order valence-electron chi connectivity index (χ2n) is 4.53. The molecule has 2 rings (SSSR count). The molecule has 2 aromatic carbocycles. The molecule has 18 heavy (non-hydrogen) atoms. The second-order valence-corrected chi connectivity index (χ2v) is 4.53. The van der Waals surface area contributed by atoms with Crippen LogP contribution < -0.4 is 0 Å². The largest absolute Gasteiger partial charge is 0.206 e. The Bertz CT molecular complexity index is 603. The van der Waals surface area contributed by atoms with Crippen LogP contribution in [0.3, 0.4) is 0 Å². The summed E-state index contributed by atoms with van der Waals surface area (Å²) >= 11 is 0. The van der Waals surface area contributed by atoms with E-state index >= 15 is 0 Å². The first-order valence-electron chi connectivity index (χ1n) is 5.84. The van der Waals surface area contributed by atoms with Gasteiger partial charge in [-0.15, -0.1) is 0 Å². The van der Waals surface area contributed by atoms with Gasteiger partial charge >= 0.3 is 0 Å². The van der Waals surface area contributed by atoms with E-state index in [1.54, 1.807) is 12.1 Å². The van der Waals surface area contributed by atoms with E-state index in [0.29, 0.717) is 11.1 Å². The third-order valence-corrected chi connectivity index (χ3v) is 2.85.